The van der Waals surface area contributed by atoms with E-state index in [1.54, 1.807) is 61.3 Å². The Kier molecular flexibility index (Phi) is 12.4. The molecule has 0 spiro atoms. The summed E-state index contributed by atoms with van der Waals surface area (Å²) < 4.78 is 13.7. The van der Waals surface area contributed by atoms with Gasteiger partial charge >= 0.3 is 0 Å². The number of carbonyl (C=O) groups excluding carboxylic acids is 2. The molecule has 4 rings (SSSR count). The van der Waals surface area contributed by atoms with Gasteiger partial charge in [-0.3, -0.25) is 23.8 Å². The third kappa shape index (κ3) is 8.89. The Balaban J connectivity index is 0.000000240. The molecule has 0 saturated carbocycles. The first-order valence-electron chi connectivity index (χ1n) is 13.9. The van der Waals surface area contributed by atoms with Gasteiger partial charge in [-0.2, -0.15) is 10.2 Å². The Bertz CT molecular complexity index is 1570. The minimum atomic E-state index is -0.265. The lowest BCUT2D eigenvalue weighted by molar-refractivity contribution is -0.0757. The number of hydrogen-bond acceptors (Lipinski definition) is 7. The molecule has 0 radical (unpaired) electrons. The highest BCUT2D eigenvalue weighted by atomic mass is 16.7. The zero-order valence-corrected chi connectivity index (χ0v) is 25.7. The van der Waals surface area contributed by atoms with Gasteiger partial charge in [-0.25, -0.2) is 5.06 Å². The predicted octanol–water partition coefficient (Wildman–Crippen LogP) is 5.95. The summed E-state index contributed by atoms with van der Waals surface area (Å²) in [6, 6.07) is 15.5. The lowest BCUT2D eigenvalue weighted by atomic mass is 10.1. The summed E-state index contributed by atoms with van der Waals surface area (Å²) in [7, 11) is 6.26. The van der Waals surface area contributed by atoms with Crippen molar-refractivity contribution in [1.82, 2.24) is 24.6 Å². The van der Waals surface area contributed by atoms with Crippen LogP contribution in [0.1, 0.15) is 56.1 Å². The van der Waals surface area contributed by atoms with Gasteiger partial charge in [0.05, 0.1) is 56.9 Å². The number of allylic oxidation sites excluding steroid dienone is 1. The molecule has 0 bridgehead atoms. The average Bonchev–Trinajstić information content (AvgIpc) is 3.67. The fraction of sp³-hybridized carbons (Fsp3) is 0.235. The second-order valence-corrected chi connectivity index (χ2v) is 9.59. The molecule has 1 amide bonds. The maximum Gasteiger partial charge on any atom is 0.280 e. The molecule has 2 aromatic carbocycles. The fourth-order valence-corrected chi connectivity index (χ4v) is 4.17. The molecule has 0 saturated heterocycles. The number of amides is 1. The van der Waals surface area contributed by atoms with Crippen molar-refractivity contribution in [2.45, 2.75) is 25.9 Å². The van der Waals surface area contributed by atoms with Crippen LogP contribution in [0.3, 0.4) is 0 Å². The summed E-state index contributed by atoms with van der Waals surface area (Å²) in [4.78, 5) is 29.3. The number of rotatable bonds is 14. The van der Waals surface area contributed by atoms with Crippen molar-refractivity contribution in [2.24, 2.45) is 0 Å². The van der Waals surface area contributed by atoms with Gasteiger partial charge < -0.3 is 9.47 Å². The molecule has 0 fully saturated rings. The molecule has 44 heavy (non-hydrogen) atoms. The van der Waals surface area contributed by atoms with Gasteiger partial charge in [0.1, 0.15) is 11.5 Å². The van der Waals surface area contributed by atoms with Crippen molar-refractivity contribution in [1.29, 1.82) is 0 Å². The van der Waals surface area contributed by atoms with Gasteiger partial charge in [0.25, 0.3) is 5.91 Å². The summed E-state index contributed by atoms with van der Waals surface area (Å²) in [6.07, 6.45) is 9.50. The van der Waals surface area contributed by atoms with E-state index in [9.17, 15) is 9.59 Å². The van der Waals surface area contributed by atoms with Crippen LogP contribution in [0.15, 0.2) is 86.7 Å². The molecule has 230 valence electrons. The molecule has 2 heterocycles. The smallest absolute Gasteiger partial charge is 0.280 e. The van der Waals surface area contributed by atoms with Crippen LogP contribution in [-0.2, 0) is 17.9 Å². The number of hydrogen-bond donors (Lipinski definition) is 0. The fourth-order valence-electron chi connectivity index (χ4n) is 4.17. The zero-order valence-electron chi connectivity index (χ0n) is 25.7. The quantitative estimate of drug-likeness (QED) is 0.101. The minimum Gasteiger partial charge on any atom is -0.497 e. The van der Waals surface area contributed by atoms with Gasteiger partial charge in [-0.15, -0.1) is 6.58 Å². The molecule has 10 heteroatoms. The monoisotopic (exact) mass is 597 g/mol. The second-order valence-electron chi connectivity index (χ2n) is 9.59. The maximum absolute atomic E-state index is 12.2. The summed E-state index contributed by atoms with van der Waals surface area (Å²) in [6.45, 7) is 12.2. The SMILES string of the molecule is C=CCCC(=O)c1cn(Cc2ccc(OC)cc2)nc1C=C.C=Cc1nn(Cc2ccc(OC)cc2)cc1C(=O)N(C)OC. The van der Waals surface area contributed by atoms with Crippen molar-refractivity contribution in [3.05, 3.63) is 120 Å². The Morgan fingerprint density at radius 1 is 0.773 bits per heavy atom. The third-order valence-corrected chi connectivity index (χ3v) is 6.64. The van der Waals surface area contributed by atoms with E-state index in [-0.39, 0.29) is 11.7 Å². The number of hydroxylamine groups is 2. The van der Waals surface area contributed by atoms with Crippen molar-refractivity contribution >= 4 is 23.8 Å². The van der Waals surface area contributed by atoms with Gasteiger partial charge in [0, 0.05) is 25.9 Å². The average molecular weight is 598 g/mol. The highest BCUT2D eigenvalue weighted by Gasteiger charge is 2.18. The van der Waals surface area contributed by atoms with Crippen molar-refractivity contribution in [2.75, 3.05) is 28.4 Å². The number of benzene rings is 2. The number of carbonyl (C=O) groups is 2. The molecule has 0 aliphatic carbocycles. The van der Waals surface area contributed by atoms with Crippen LogP contribution >= 0.6 is 0 Å². The molecule has 10 nitrogen and oxygen atoms in total. The molecule has 0 unspecified atom stereocenters. The number of nitrogens with zero attached hydrogens (tertiary/aromatic N) is 5. The van der Waals surface area contributed by atoms with E-state index >= 15 is 0 Å². The third-order valence-electron chi connectivity index (χ3n) is 6.64. The Hall–Kier alpha value is -5.22. The van der Waals surface area contributed by atoms with Crippen molar-refractivity contribution < 1.29 is 23.9 Å². The summed E-state index contributed by atoms with van der Waals surface area (Å²) >= 11 is 0. The number of ketones is 1. The summed E-state index contributed by atoms with van der Waals surface area (Å²) in [5, 5.41) is 9.94. The van der Waals surface area contributed by atoms with E-state index in [2.05, 4.69) is 29.9 Å². The Morgan fingerprint density at radius 3 is 1.64 bits per heavy atom. The second kappa shape index (κ2) is 16.4. The standard InChI is InChI=1S/C18H20N2O2.C16H19N3O3/c1-4-6-7-18(21)16-13-20(19-17(16)5-2)12-14-8-10-15(22-3)11-9-14;1-5-15-14(16(20)18(2)22-4)11-19(17-15)10-12-6-8-13(21-3)9-7-12/h4-5,8-11,13H,1-2,6-7,12H2,3H3;5-9,11H,1,10H2,2-4H3. The molecule has 0 aliphatic heterocycles. The Morgan fingerprint density at radius 2 is 1.23 bits per heavy atom. The lowest BCUT2D eigenvalue weighted by Crippen LogP contribution is -2.25. The van der Waals surface area contributed by atoms with Crippen LogP contribution in [0.4, 0.5) is 0 Å². The highest BCUT2D eigenvalue weighted by molar-refractivity contribution is 5.98. The molecular formula is C34H39N5O5. The molecule has 4 aromatic rings. The van der Waals surface area contributed by atoms with E-state index in [0.717, 1.165) is 27.7 Å². The van der Waals surface area contributed by atoms with Crippen LogP contribution in [0.25, 0.3) is 12.2 Å². The van der Waals surface area contributed by atoms with Crippen molar-refractivity contribution in [3.63, 3.8) is 0 Å². The van der Waals surface area contributed by atoms with E-state index < -0.39 is 0 Å². The first-order chi connectivity index (χ1) is 21.3. The van der Waals surface area contributed by atoms with Gasteiger partial charge in [-0.05, 0) is 54.0 Å². The first-order valence-corrected chi connectivity index (χ1v) is 13.9. The van der Waals surface area contributed by atoms with Crippen LogP contribution < -0.4 is 9.47 Å². The number of aromatic nitrogens is 4. The van der Waals surface area contributed by atoms with E-state index in [0.29, 0.717) is 48.4 Å². The van der Waals surface area contributed by atoms with Crippen LogP contribution in [-0.4, -0.2) is 64.7 Å². The number of Topliss-reactive ketones (excluding diaryl/α,β-unsaturated/α-hetero) is 1. The highest BCUT2D eigenvalue weighted by Crippen LogP contribution is 2.17. The molecule has 0 atom stereocenters. The predicted molar refractivity (Wildman–Crippen MR) is 172 cm³/mol. The van der Waals surface area contributed by atoms with E-state index in [1.165, 1.54) is 7.11 Å². The number of methoxy groups -OCH3 is 2. The van der Waals surface area contributed by atoms with E-state index in [4.69, 9.17) is 14.3 Å². The van der Waals surface area contributed by atoms with Gasteiger partial charge in [0.15, 0.2) is 5.78 Å². The molecular weight excluding hydrogens is 558 g/mol. The Labute approximate surface area is 258 Å². The van der Waals surface area contributed by atoms with Crippen LogP contribution in [0.2, 0.25) is 0 Å². The lowest BCUT2D eigenvalue weighted by Gasteiger charge is -2.12. The zero-order chi connectivity index (χ0) is 32.1. The molecule has 2 aromatic heterocycles. The normalized spacial score (nSPS) is 10.3. The summed E-state index contributed by atoms with van der Waals surface area (Å²) in [5.41, 5.74) is 4.37. The van der Waals surface area contributed by atoms with Crippen LogP contribution in [0, 0.1) is 0 Å². The number of ether oxygens (including phenoxy) is 2. The summed E-state index contributed by atoms with van der Waals surface area (Å²) in [5.74, 6) is 1.42. The maximum atomic E-state index is 12.2. The first kappa shape index (κ1) is 33.3. The topological polar surface area (TPSA) is 101 Å². The van der Waals surface area contributed by atoms with Gasteiger partial charge in [0.2, 0.25) is 0 Å². The molecule has 0 aliphatic rings. The van der Waals surface area contributed by atoms with Crippen LogP contribution in [0.5, 0.6) is 11.5 Å². The van der Waals surface area contributed by atoms with Gasteiger partial charge in [-0.1, -0.05) is 43.5 Å². The minimum absolute atomic E-state index is 0.0655. The van der Waals surface area contributed by atoms with Crippen molar-refractivity contribution in [3.8, 4) is 11.5 Å². The largest absolute Gasteiger partial charge is 0.497 e. The van der Waals surface area contributed by atoms with E-state index in [1.807, 2.05) is 48.5 Å². The molecule has 0 N–H and O–H groups in total.